The first kappa shape index (κ1) is 14.8. The Labute approximate surface area is 115 Å². The maximum Gasteiger partial charge on any atom is 0.240 e. The van der Waals surface area contributed by atoms with Gasteiger partial charge in [-0.05, 0) is 45.6 Å². The zero-order valence-electron chi connectivity index (χ0n) is 11.9. The second kappa shape index (κ2) is 7.22. The number of hydrogen-bond acceptors (Lipinski definition) is 4. The third-order valence-electron chi connectivity index (χ3n) is 3.95. The van der Waals surface area contributed by atoms with Crippen LogP contribution in [0, 0.1) is 0 Å². The fraction of sp³-hybridized carbons (Fsp3) is 0.929. The number of nitrogens with one attached hydrogen (secondary N) is 2. The molecule has 2 fully saturated rings. The van der Waals surface area contributed by atoms with Crippen molar-refractivity contribution in [3.8, 4) is 0 Å². The molecule has 5 heteroatoms. The summed E-state index contributed by atoms with van der Waals surface area (Å²) in [6, 6.07) is 0. The van der Waals surface area contributed by atoms with Gasteiger partial charge in [0.15, 0.2) is 0 Å². The van der Waals surface area contributed by atoms with Gasteiger partial charge >= 0.3 is 0 Å². The lowest BCUT2D eigenvalue weighted by Crippen LogP contribution is -2.51. The Morgan fingerprint density at radius 2 is 2.42 bits per heavy atom. The SMILES string of the molecule is CC1(C(=O)NCCCOCC2CCCO2)CCCN1. The highest BCUT2D eigenvalue weighted by atomic mass is 16.5. The highest BCUT2D eigenvalue weighted by Crippen LogP contribution is 2.18. The van der Waals surface area contributed by atoms with Crippen molar-refractivity contribution in [1.82, 2.24) is 10.6 Å². The van der Waals surface area contributed by atoms with Crippen LogP contribution in [0.4, 0.5) is 0 Å². The lowest BCUT2D eigenvalue weighted by molar-refractivity contribution is -0.126. The number of carbonyl (C=O) groups is 1. The summed E-state index contributed by atoms with van der Waals surface area (Å²) in [6.07, 6.45) is 5.41. The van der Waals surface area contributed by atoms with E-state index in [2.05, 4.69) is 10.6 Å². The third-order valence-corrected chi connectivity index (χ3v) is 3.95. The highest BCUT2D eigenvalue weighted by Gasteiger charge is 2.35. The third kappa shape index (κ3) is 4.44. The molecular weight excluding hydrogens is 244 g/mol. The quantitative estimate of drug-likeness (QED) is 0.673. The largest absolute Gasteiger partial charge is 0.379 e. The average molecular weight is 270 g/mol. The van der Waals surface area contributed by atoms with E-state index in [4.69, 9.17) is 9.47 Å². The van der Waals surface area contributed by atoms with E-state index >= 15 is 0 Å². The summed E-state index contributed by atoms with van der Waals surface area (Å²) in [5.74, 6) is 0.115. The van der Waals surface area contributed by atoms with Crippen molar-refractivity contribution >= 4 is 5.91 Å². The molecule has 2 aliphatic heterocycles. The topological polar surface area (TPSA) is 59.6 Å². The van der Waals surface area contributed by atoms with Crippen LogP contribution in [0.1, 0.15) is 39.0 Å². The maximum atomic E-state index is 12.0. The van der Waals surface area contributed by atoms with Gasteiger partial charge in [0.1, 0.15) is 0 Å². The summed E-state index contributed by atoms with van der Waals surface area (Å²) in [4.78, 5) is 12.0. The van der Waals surface area contributed by atoms with Gasteiger partial charge in [-0.15, -0.1) is 0 Å². The molecule has 0 radical (unpaired) electrons. The molecule has 0 bridgehead atoms. The molecule has 2 rings (SSSR count). The van der Waals surface area contributed by atoms with Crippen LogP contribution in [0.3, 0.4) is 0 Å². The van der Waals surface area contributed by atoms with Crippen LogP contribution in [0.2, 0.25) is 0 Å². The number of rotatable bonds is 7. The Balaban J connectivity index is 1.48. The zero-order chi connectivity index (χ0) is 13.6. The minimum Gasteiger partial charge on any atom is -0.379 e. The van der Waals surface area contributed by atoms with Crippen LogP contribution in [0.25, 0.3) is 0 Å². The van der Waals surface area contributed by atoms with Crippen LogP contribution in [-0.4, -0.2) is 50.5 Å². The monoisotopic (exact) mass is 270 g/mol. The maximum absolute atomic E-state index is 12.0. The molecule has 2 aliphatic rings. The van der Waals surface area contributed by atoms with Gasteiger partial charge in [0.05, 0.1) is 18.2 Å². The van der Waals surface area contributed by atoms with Crippen LogP contribution in [0.5, 0.6) is 0 Å². The number of ether oxygens (including phenoxy) is 2. The van der Waals surface area contributed by atoms with Gasteiger partial charge in [-0.25, -0.2) is 0 Å². The normalized spacial score (nSPS) is 30.7. The van der Waals surface area contributed by atoms with E-state index in [1.165, 1.54) is 0 Å². The molecular formula is C14H26N2O3. The van der Waals surface area contributed by atoms with E-state index < -0.39 is 0 Å². The standard InChI is InChI=1S/C14H26N2O3/c1-14(6-3-8-16-14)13(17)15-7-4-9-18-11-12-5-2-10-19-12/h12,16H,2-11H2,1H3,(H,15,17). The van der Waals surface area contributed by atoms with Crippen molar-refractivity contribution in [2.75, 3.05) is 32.9 Å². The molecule has 5 nitrogen and oxygen atoms in total. The Kier molecular flexibility index (Phi) is 5.60. The molecule has 2 unspecified atom stereocenters. The smallest absolute Gasteiger partial charge is 0.240 e. The van der Waals surface area contributed by atoms with Crippen LogP contribution in [0.15, 0.2) is 0 Å². The van der Waals surface area contributed by atoms with Crippen LogP contribution >= 0.6 is 0 Å². The van der Waals surface area contributed by atoms with E-state index in [9.17, 15) is 4.79 Å². The van der Waals surface area contributed by atoms with Gasteiger partial charge < -0.3 is 20.1 Å². The number of amides is 1. The Morgan fingerprint density at radius 1 is 1.53 bits per heavy atom. The minimum atomic E-state index is -0.363. The number of hydrogen-bond donors (Lipinski definition) is 2. The molecule has 19 heavy (non-hydrogen) atoms. The molecule has 0 spiro atoms. The first-order valence-electron chi connectivity index (χ1n) is 7.43. The summed E-state index contributed by atoms with van der Waals surface area (Å²) in [6.45, 7) is 5.84. The molecule has 2 atom stereocenters. The summed E-state index contributed by atoms with van der Waals surface area (Å²) in [7, 11) is 0. The van der Waals surface area contributed by atoms with Crippen molar-refractivity contribution in [3.05, 3.63) is 0 Å². The molecule has 1 amide bonds. The molecule has 0 aromatic heterocycles. The van der Waals surface area contributed by atoms with Gasteiger partial charge in [-0.1, -0.05) is 0 Å². The van der Waals surface area contributed by atoms with E-state index in [0.29, 0.717) is 19.8 Å². The lowest BCUT2D eigenvalue weighted by atomic mass is 9.99. The van der Waals surface area contributed by atoms with Gasteiger partial charge in [0, 0.05) is 19.8 Å². The van der Waals surface area contributed by atoms with Gasteiger partial charge in [-0.3, -0.25) is 4.79 Å². The van der Waals surface area contributed by atoms with E-state index in [-0.39, 0.29) is 17.6 Å². The lowest BCUT2D eigenvalue weighted by Gasteiger charge is -2.23. The Morgan fingerprint density at radius 3 is 3.11 bits per heavy atom. The molecule has 110 valence electrons. The second-order valence-electron chi connectivity index (χ2n) is 5.68. The van der Waals surface area contributed by atoms with Crippen molar-refractivity contribution in [2.24, 2.45) is 0 Å². The Bertz CT molecular complexity index is 284. The van der Waals surface area contributed by atoms with Crippen molar-refractivity contribution in [2.45, 2.75) is 50.7 Å². The average Bonchev–Trinajstić information content (AvgIpc) is 3.05. The number of carbonyl (C=O) groups excluding carboxylic acids is 1. The van der Waals surface area contributed by atoms with Crippen LogP contribution in [-0.2, 0) is 14.3 Å². The first-order chi connectivity index (χ1) is 9.21. The zero-order valence-corrected chi connectivity index (χ0v) is 11.9. The van der Waals surface area contributed by atoms with Gasteiger partial charge in [-0.2, -0.15) is 0 Å². The van der Waals surface area contributed by atoms with E-state index in [1.807, 2.05) is 6.92 Å². The van der Waals surface area contributed by atoms with Crippen LogP contribution < -0.4 is 10.6 Å². The fourth-order valence-corrected chi connectivity index (χ4v) is 2.65. The molecule has 0 saturated carbocycles. The van der Waals surface area contributed by atoms with Gasteiger partial charge in [0.2, 0.25) is 5.91 Å². The molecule has 2 saturated heterocycles. The Hall–Kier alpha value is -0.650. The summed E-state index contributed by atoms with van der Waals surface area (Å²) < 4.78 is 11.0. The molecule has 0 aromatic carbocycles. The second-order valence-corrected chi connectivity index (χ2v) is 5.68. The minimum absolute atomic E-state index is 0.115. The van der Waals surface area contributed by atoms with E-state index in [0.717, 1.165) is 45.3 Å². The van der Waals surface area contributed by atoms with Crippen molar-refractivity contribution in [1.29, 1.82) is 0 Å². The molecule has 2 heterocycles. The predicted octanol–water partition coefficient (Wildman–Crippen LogP) is 0.830. The van der Waals surface area contributed by atoms with Crippen molar-refractivity contribution in [3.63, 3.8) is 0 Å². The molecule has 0 aromatic rings. The predicted molar refractivity (Wildman–Crippen MR) is 73.1 cm³/mol. The van der Waals surface area contributed by atoms with E-state index in [1.54, 1.807) is 0 Å². The molecule has 0 aliphatic carbocycles. The van der Waals surface area contributed by atoms with Crippen molar-refractivity contribution < 1.29 is 14.3 Å². The fourth-order valence-electron chi connectivity index (χ4n) is 2.65. The first-order valence-corrected chi connectivity index (χ1v) is 7.43. The highest BCUT2D eigenvalue weighted by molar-refractivity contribution is 5.86. The summed E-state index contributed by atoms with van der Waals surface area (Å²) >= 11 is 0. The van der Waals surface area contributed by atoms with Gasteiger partial charge in [0.25, 0.3) is 0 Å². The molecule has 2 N–H and O–H groups in total. The summed E-state index contributed by atoms with van der Waals surface area (Å²) in [5.41, 5.74) is -0.363. The summed E-state index contributed by atoms with van der Waals surface area (Å²) in [5, 5.41) is 6.24.